The average molecular weight is 257 g/mol. The van der Waals surface area contributed by atoms with E-state index in [1.54, 1.807) is 6.07 Å². The van der Waals surface area contributed by atoms with E-state index >= 15 is 0 Å². The summed E-state index contributed by atoms with van der Waals surface area (Å²) in [7, 11) is 0. The average Bonchev–Trinajstić information content (AvgIpc) is 2.82. The molecule has 1 amide bonds. The molecule has 0 atom stereocenters. The molecule has 1 aromatic carbocycles. The Balaban J connectivity index is 1.99. The van der Waals surface area contributed by atoms with Gasteiger partial charge in [0.05, 0.1) is 0 Å². The summed E-state index contributed by atoms with van der Waals surface area (Å²) in [6.45, 7) is 4.07. The van der Waals surface area contributed by atoms with Crippen LogP contribution in [0.15, 0.2) is 30.3 Å². The van der Waals surface area contributed by atoms with E-state index in [2.05, 4.69) is 22.4 Å². The molecule has 0 spiro atoms. The molecule has 2 N–H and O–H groups in total. The lowest BCUT2D eigenvalue weighted by molar-refractivity contribution is 0.102. The van der Waals surface area contributed by atoms with Crippen molar-refractivity contribution in [1.29, 1.82) is 0 Å². The fraction of sp³-hybridized carbons (Fsp3) is 0.333. The molecule has 0 aliphatic carbocycles. The van der Waals surface area contributed by atoms with Crippen LogP contribution >= 0.6 is 0 Å². The molecule has 4 heteroatoms. The predicted octanol–water partition coefficient (Wildman–Crippen LogP) is 3.31. The van der Waals surface area contributed by atoms with Gasteiger partial charge in [-0.15, -0.1) is 0 Å². The zero-order chi connectivity index (χ0) is 13.7. The van der Waals surface area contributed by atoms with E-state index in [-0.39, 0.29) is 5.91 Å². The van der Waals surface area contributed by atoms with E-state index in [0.717, 1.165) is 12.1 Å². The van der Waals surface area contributed by atoms with Gasteiger partial charge in [0.15, 0.2) is 5.82 Å². The van der Waals surface area contributed by atoms with Crippen molar-refractivity contribution in [2.24, 2.45) is 0 Å². The van der Waals surface area contributed by atoms with Gasteiger partial charge in [0.25, 0.3) is 5.91 Å². The zero-order valence-electron chi connectivity index (χ0n) is 11.4. The molecule has 0 radical (unpaired) electrons. The maximum Gasteiger partial charge on any atom is 0.256 e. The standard InChI is InChI=1S/C15H19N3O/c1-3-4-5-12-6-8-13(9-7-12)15(19)16-14-10-11(2)17-18-14/h6-10H,3-5H2,1-2H3,(H2,16,17,18,19). The van der Waals surface area contributed by atoms with Gasteiger partial charge in [-0.3, -0.25) is 9.89 Å². The molecule has 0 bridgehead atoms. The van der Waals surface area contributed by atoms with Gasteiger partial charge in [-0.2, -0.15) is 5.10 Å². The van der Waals surface area contributed by atoms with Crippen LogP contribution in [0.2, 0.25) is 0 Å². The van der Waals surface area contributed by atoms with Crippen molar-refractivity contribution in [2.75, 3.05) is 5.32 Å². The quantitative estimate of drug-likeness (QED) is 0.863. The fourth-order valence-corrected chi connectivity index (χ4v) is 1.87. The SMILES string of the molecule is CCCCc1ccc(C(=O)Nc2cc(C)[nH]n2)cc1. The molecule has 0 aliphatic heterocycles. The van der Waals surface area contributed by atoms with Gasteiger partial charge < -0.3 is 5.32 Å². The van der Waals surface area contributed by atoms with Crippen molar-refractivity contribution in [1.82, 2.24) is 10.2 Å². The maximum absolute atomic E-state index is 12.0. The first kappa shape index (κ1) is 13.3. The third-order valence-electron chi connectivity index (χ3n) is 2.98. The predicted molar refractivity (Wildman–Crippen MR) is 76.3 cm³/mol. The van der Waals surface area contributed by atoms with Gasteiger partial charge in [-0.1, -0.05) is 25.5 Å². The lowest BCUT2D eigenvalue weighted by atomic mass is 10.1. The van der Waals surface area contributed by atoms with Crippen molar-refractivity contribution in [3.8, 4) is 0 Å². The smallest absolute Gasteiger partial charge is 0.256 e. The van der Waals surface area contributed by atoms with Crippen LogP contribution in [-0.4, -0.2) is 16.1 Å². The molecule has 4 nitrogen and oxygen atoms in total. The fourth-order valence-electron chi connectivity index (χ4n) is 1.87. The van der Waals surface area contributed by atoms with Crippen molar-refractivity contribution >= 4 is 11.7 Å². The first-order chi connectivity index (χ1) is 9.19. The Morgan fingerprint density at radius 3 is 2.63 bits per heavy atom. The third kappa shape index (κ3) is 3.68. The van der Waals surface area contributed by atoms with E-state index in [1.807, 2.05) is 31.2 Å². The summed E-state index contributed by atoms with van der Waals surface area (Å²) in [6.07, 6.45) is 3.43. The molecular formula is C15H19N3O. The highest BCUT2D eigenvalue weighted by Crippen LogP contribution is 2.10. The van der Waals surface area contributed by atoms with Crippen molar-refractivity contribution in [3.63, 3.8) is 0 Å². The number of carbonyl (C=O) groups excluding carboxylic acids is 1. The third-order valence-corrected chi connectivity index (χ3v) is 2.98. The number of unbranched alkanes of at least 4 members (excludes halogenated alkanes) is 1. The van der Waals surface area contributed by atoms with E-state index < -0.39 is 0 Å². The number of aromatic nitrogens is 2. The Kier molecular flexibility index (Phi) is 4.34. The summed E-state index contributed by atoms with van der Waals surface area (Å²) >= 11 is 0. The number of H-pyrrole nitrogens is 1. The molecule has 0 saturated carbocycles. The lowest BCUT2D eigenvalue weighted by Crippen LogP contribution is -2.12. The largest absolute Gasteiger partial charge is 0.305 e. The minimum absolute atomic E-state index is 0.131. The second-order valence-electron chi connectivity index (χ2n) is 4.69. The summed E-state index contributed by atoms with van der Waals surface area (Å²) in [6, 6.07) is 9.55. The summed E-state index contributed by atoms with van der Waals surface area (Å²) < 4.78 is 0. The Morgan fingerprint density at radius 1 is 1.32 bits per heavy atom. The molecule has 1 heterocycles. The molecule has 19 heavy (non-hydrogen) atoms. The summed E-state index contributed by atoms with van der Waals surface area (Å²) in [5, 5.41) is 9.54. The Morgan fingerprint density at radius 2 is 2.05 bits per heavy atom. The zero-order valence-corrected chi connectivity index (χ0v) is 11.4. The van der Waals surface area contributed by atoms with Gasteiger partial charge >= 0.3 is 0 Å². The highest BCUT2D eigenvalue weighted by molar-refractivity contribution is 6.03. The summed E-state index contributed by atoms with van der Waals surface area (Å²) in [5.74, 6) is 0.422. The number of rotatable bonds is 5. The van der Waals surface area contributed by atoms with Crippen LogP contribution in [-0.2, 0) is 6.42 Å². The number of anilines is 1. The minimum atomic E-state index is -0.131. The molecule has 100 valence electrons. The van der Waals surface area contributed by atoms with E-state index in [9.17, 15) is 4.79 Å². The van der Waals surface area contributed by atoms with Crippen LogP contribution in [0.4, 0.5) is 5.82 Å². The van der Waals surface area contributed by atoms with Crippen LogP contribution in [0.5, 0.6) is 0 Å². The number of aromatic amines is 1. The van der Waals surface area contributed by atoms with Gasteiger partial charge in [0, 0.05) is 17.3 Å². The number of aryl methyl sites for hydroxylation is 2. The molecule has 1 aromatic heterocycles. The van der Waals surface area contributed by atoms with Gasteiger partial charge in [0.1, 0.15) is 0 Å². The van der Waals surface area contributed by atoms with E-state index in [4.69, 9.17) is 0 Å². The Labute approximate surface area is 113 Å². The normalized spacial score (nSPS) is 10.4. The maximum atomic E-state index is 12.0. The molecule has 2 aromatic rings. The van der Waals surface area contributed by atoms with E-state index in [1.165, 1.54) is 18.4 Å². The lowest BCUT2D eigenvalue weighted by Gasteiger charge is -2.04. The molecular weight excluding hydrogens is 238 g/mol. The molecule has 0 aliphatic rings. The number of nitrogens with zero attached hydrogens (tertiary/aromatic N) is 1. The van der Waals surface area contributed by atoms with Crippen LogP contribution in [0.25, 0.3) is 0 Å². The highest BCUT2D eigenvalue weighted by Gasteiger charge is 2.07. The van der Waals surface area contributed by atoms with Crippen molar-refractivity contribution < 1.29 is 4.79 Å². The molecule has 0 fully saturated rings. The second-order valence-corrected chi connectivity index (χ2v) is 4.69. The Hall–Kier alpha value is -2.10. The molecule has 0 unspecified atom stereocenters. The number of amides is 1. The molecule has 0 saturated heterocycles. The number of hydrogen-bond donors (Lipinski definition) is 2. The highest BCUT2D eigenvalue weighted by atomic mass is 16.1. The van der Waals surface area contributed by atoms with Gasteiger partial charge in [-0.05, 0) is 37.5 Å². The number of carbonyl (C=O) groups is 1. The first-order valence-corrected chi connectivity index (χ1v) is 6.61. The summed E-state index contributed by atoms with van der Waals surface area (Å²) in [4.78, 5) is 12.0. The summed E-state index contributed by atoms with van der Waals surface area (Å²) in [5.41, 5.74) is 2.85. The van der Waals surface area contributed by atoms with E-state index in [0.29, 0.717) is 11.4 Å². The van der Waals surface area contributed by atoms with Gasteiger partial charge in [-0.25, -0.2) is 0 Å². The van der Waals surface area contributed by atoms with Crippen molar-refractivity contribution in [2.45, 2.75) is 33.1 Å². The van der Waals surface area contributed by atoms with Crippen LogP contribution < -0.4 is 5.32 Å². The first-order valence-electron chi connectivity index (χ1n) is 6.61. The number of nitrogens with one attached hydrogen (secondary N) is 2. The monoisotopic (exact) mass is 257 g/mol. The van der Waals surface area contributed by atoms with Gasteiger partial charge in [0.2, 0.25) is 0 Å². The van der Waals surface area contributed by atoms with Crippen LogP contribution in [0.1, 0.15) is 41.4 Å². The van der Waals surface area contributed by atoms with Crippen molar-refractivity contribution in [3.05, 3.63) is 47.2 Å². The van der Waals surface area contributed by atoms with Crippen LogP contribution in [0.3, 0.4) is 0 Å². The topological polar surface area (TPSA) is 57.8 Å². The number of hydrogen-bond acceptors (Lipinski definition) is 2. The van der Waals surface area contributed by atoms with Crippen LogP contribution in [0, 0.1) is 6.92 Å². The molecule has 2 rings (SSSR count). The minimum Gasteiger partial charge on any atom is -0.305 e. The number of benzene rings is 1. The Bertz CT molecular complexity index is 543. The second kappa shape index (κ2) is 6.18.